The molecule has 1 aromatic heterocycles. The quantitative estimate of drug-likeness (QED) is 0.773. The molecular formula is C17H25N5O3. The lowest BCUT2D eigenvalue weighted by molar-refractivity contribution is -0.120. The summed E-state index contributed by atoms with van der Waals surface area (Å²) in [4.78, 5) is 35.2. The van der Waals surface area contributed by atoms with Crippen molar-refractivity contribution in [3.63, 3.8) is 0 Å². The van der Waals surface area contributed by atoms with Crippen molar-refractivity contribution >= 4 is 11.8 Å². The van der Waals surface area contributed by atoms with Crippen LogP contribution in [0.5, 0.6) is 0 Å². The van der Waals surface area contributed by atoms with Gasteiger partial charge in [-0.3, -0.25) is 9.59 Å². The van der Waals surface area contributed by atoms with E-state index in [1.807, 2.05) is 0 Å². The van der Waals surface area contributed by atoms with Gasteiger partial charge in [0.05, 0.1) is 17.7 Å². The van der Waals surface area contributed by atoms with Crippen LogP contribution in [0.4, 0.5) is 0 Å². The molecule has 3 rings (SSSR count). The largest absolute Gasteiger partial charge is 0.387 e. The molecule has 136 valence electrons. The molecule has 2 amide bonds. The van der Waals surface area contributed by atoms with E-state index in [1.165, 1.54) is 25.6 Å². The summed E-state index contributed by atoms with van der Waals surface area (Å²) in [7, 11) is 0. The van der Waals surface area contributed by atoms with Crippen LogP contribution in [0.1, 0.15) is 36.5 Å². The first kappa shape index (κ1) is 17.8. The van der Waals surface area contributed by atoms with E-state index in [2.05, 4.69) is 20.2 Å². The minimum Gasteiger partial charge on any atom is -0.387 e. The molecule has 2 aliphatic rings. The lowest BCUT2D eigenvalue weighted by Gasteiger charge is -2.36. The average Bonchev–Trinajstić information content (AvgIpc) is 2.98. The van der Waals surface area contributed by atoms with Gasteiger partial charge in [-0.15, -0.1) is 0 Å². The molecular weight excluding hydrogens is 322 g/mol. The summed E-state index contributed by atoms with van der Waals surface area (Å²) >= 11 is 0. The molecule has 3 heterocycles. The Morgan fingerprint density at radius 1 is 1.28 bits per heavy atom. The van der Waals surface area contributed by atoms with Gasteiger partial charge >= 0.3 is 0 Å². The van der Waals surface area contributed by atoms with E-state index in [-0.39, 0.29) is 17.9 Å². The second-order valence-electron chi connectivity index (χ2n) is 7.08. The fraction of sp³-hybridized carbons (Fsp3) is 0.647. The molecule has 0 aromatic carbocycles. The number of aliphatic hydroxyl groups is 1. The van der Waals surface area contributed by atoms with Crippen LogP contribution in [0.2, 0.25) is 0 Å². The monoisotopic (exact) mass is 347 g/mol. The number of carbonyl (C=O) groups is 2. The third-order valence-electron chi connectivity index (χ3n) is 4.94. The topological polar surface area (TPSA) is 98.7 Å². The zero-order valence-electron chi connectivity index (χ0n) is 14.5. The Morgan fingerprint density at radius 2 is 1.96 bits per heavy atom. The van der Waals surface area contributed by atoms with Gasteiger partial charge in [-0.05, 0) is 19.3 Å². The van der Waals surface area contributed by atoms with Gasteiger partial charge in [0, 0.05) is 51.5 Å². The molecule has 0 aliphatic carbocycles. The molecule has 0 saturated carbocycles. The Hall–Kier alpha value is -2.06. The molecule has 0 spiro atoms. The van der Waals surface area contributed by atoms with Gasteiger partial charge in [0.25, 0.3) is 5.91 Å². The van der Waals surface area contributed by atoms with E-state index in [0.717, 1.165) is 25.9 Å². The number of nitrogens with one attached hydrogen (secondary N) is 1. The van der Waals surface area contributed by atoms with Gasteiger partial charge in [0.15, 0.2) is 0 Å². The summed E-state index contributed by atoms with van der Waals surface area (Å²) in [5, 5.41) is 13.8. The molecule has 2 N–H and O–H groups in total. The number of β-amino-alcohol motifs (C(OH)–C–C–N with tert-alkyl or cyclic N) is 1. The fourth-order valence-corrected chi connectivity index (χ4v) is 3.69. The second kappa shape index (κ2) is 7.45. The van der Waals surface area contributed by atoms with Crippen molar-refractivity contribution in [1.82, 2.24) is 25.1 Å². The maximum atomic E-state index is 12.5. The Morgan fingerprint density at radius 3 is 2.60 bits per heavy atom. The third-order valence-corrected chi connectivity index (χ3v) is 4.94. The van der Waals surface area contributed by atoms with Crippen molar-refractivity contribution in [3.05, 3.63) is 24.3 Å². The first-order valence-corrected chi connectivity index (χ1v) is 8.71. The van der Waals surface area contributed by atoms with Crippen LogP contribution in [0.15, 0.2) is 18.7 Å². The number of hydrogen-bond acceptors (Lipinski definition) is 6. The van der Waals surface area contributed by atoms with Gasteiger partial charge in [-0.1, -0.05) is 0 Å². The number of amides is 2. The predicted molar refractivity (Wildman–Crippen MR) is 90.8 cm³/mol. The highest BCUT2D eigenvalue weighted by atomic mass is 16.3. The van der Waals surface area contributed by atoms with Crippen LogP contribution in [0, 0.1) is 0 Å². The van der Waals surface area contributed by atoms with Crippen molar-refractivity contribution in [2.75, 3.05) is 32.7 Å². The van der Waals surface area contributed by atoms with E-state index in [9.17, 15) is 14.7 Å². The average molecular weight is 347 g/mol. The number of likely N-dealkylation sites (tertiary alicyclic amines) is 2. The molecule has 2 fully saturated rings. The lowest BCUT2D eigenvalue weighted by Crippen LogP contribution is -2.50. The molecule has 2 saturated heterocycles. The van der Waals surface area contributed by atoms with Gasteiger partial charge in [-0.25, -0.2) is 9.97 Å². The first-order valence-electron chi connectivity index (χ1n) is 8.71. The van der Waals surface area contributed by atoms with Crippen molar-refractivity contribution in [1.29, 1.82) is 0 Å². The Labute approximate surface area is 147 Å². The van der Waals surface area contributed by atoms with Gasteiger partial charge in [0.1, 0.15) is 6.33 Å². The van der Waals surface area contributed by atoms with Crippen molar-refractivity contribution in [2.24, 2.45) is 0 Å². The standard InChI is InChI=1S/C17H25N5O3/c1-13(23)20-15-2-5-21(6-3-15)10-17(25)4-7-22(11-17)16(24)14-8-18-12-19-9-14/h8-9,12,15,25H,2-7,10-11H2,1H3,(H,20,23)/t17-/m0/s1. The summed E-state index contributed by atoms with van der Waals surface area (Å²) < 4.78 is 0. The molecule has 2 aliphatic heterocycles. The molecule has 1 aromatic rings. The number of piperidine rings is 1. The smallest absolute Gasteiger partial charge is 0.257 e. The van der Waals surface area contributed by atoms with Crippen LogP contribution in [0.3, 0.4) is 0 Å². The first-order chi connectivity index (χ1) is 12.0. The summed E-state index contributed by atoms with van der Waals surface area (Å²) in [5.74, 6) is -0.132. The number of aromatic nitrogens is 2. The predicted octanol–water partition coefficient (Wildman–Crippen LogP) is -0.346. The maximum Gasteiger partial charge on any atom is 0.257 e. The summed E-state index contributed by atoms with van der Waals surface area (Å²) in [5.41, 5.74) is -0.436. The van der Waals surface area contributed by atoms with Crippen molar-refractivity contribution in [3.8, 4) is 0 Å². The highest BCUT2D eigenvalue weighted by molar-refractivity contribution is 5.93. The molecule has 1 atom stereocenters. The molecule has 8 heteroatoms. The van der Waals surface area contributed by atoms with Gasteiger partial charge in [0.2, 0.25) is 5.91 Å². The number of carbonyl (C=O) groups excluding carboxylic acids is 2. The van der Waals surface area contributed by atoms with E-state index < -0.39 is 5.60 Å². The Bertz CT molecular complexity index is 618. The Balaban J connectivity index is 1.51. The molecule has 0 unspecified atom stereocenters. The highest BCUT2D eigenvalue weighted by Gasteiger charge is 2.40. The SMILES string of the molecule is CC(=O)NC1CCN(C[C@@]2(O)CCN(C(=O)c3cncnc3)C2)CC1. The zero-order valence-corrected chi connectivity index (χ0v) is 14.5. The minimum atomic E-state index is -0.883. The van der Waals surface area contributed by atoms with Crippen LogP contribution < -0.4 is 5.32 Å². The summed E-state index contributed by atoms with van der Waals surface area (Å²) in [6.07, 6.45) is 6.73. The van der Waals surface area contributed by atoms with Crippen LogP contribution in [0.25, 0.3) is 0 Å². The van der Waals surface area contributed by atoms with Crippen molar-refractivity contribution in [2.45, 2.75) is 37.8 Å². The number of rotatable bonds is 4. The maximum absolute atomic E-state index is 12.5. The summed E-state index contributed by atoms with van der Waals surface area (Å²) in [6, 6.07) is 0.225. The normalized spacial score (nSPS) is 25.1. The second-order valence-corrected chi connectivity index (χ2v) is 7.08. The van der Waals surface area contributed by atoms with Gasteiger partial charge < -0.3 is 20.2 Å². The van der Waals surface area contributed by atoms with Crippen LogP contribution in [-0.2, 0) is 4.79 Å². The van der Waals surface area contributed by atoms with E-state index in [4.69, 9.17) is 0 Å². The zero-order chi connectivity index (χ0) is 17.9. The highest BCUT2D eigenvalue weighted by Crippen LogP contribution is 2.25. The lowest BCUT2D eigenvalue weighted by atomic mass is 9.99. The number of hydrogen-bond donors (Lipinski definition) is 2. The molecule has 0 bridgehead atoms. The third kappa shape index (κ3) is 4.52. The van der Waals surface area contributed by atoms with Crippen molar-refractivity contribution < 1.29 is 14.7 Å². The van der Waals surface area contributed by atoms with E-state index in [0.29, 0.717) is 31.6 Å². The minimum absolute atomic E-state index is 0.00640. The van der Waals surface area contributed by atoms with E-state index >= 15 is 0 Å². The van der Waals surface area contributed by atoms with Crippen LogP contribution in [-0.4, -0.2) is 81.1 Å². The van der Waals surface area contributed by atoms with E-state index in [1.54, 1.807) is 4.90 Å². The Kier molecular flexibility index (Phi) is 5.29. The van der Waals surface area contributed by atoms with Crippen LogP contribution >= 0.6 is 0 Å². The number of nitrogens with zero attached hydrogens (tertiary/aromatic N) is 4. The fourth-order valence-electron chi connectivity index (χ4n) is 3.69. The summed E-state index contributed by atoms with van der Waals surface area (Å²) in [6.45, 7) is 4.63. The molecule has 25 heavy (non-hydrogen) atoms. The van der Waals surface area contributed by atoms with Gasteiger partial charge in [-0.2, -0.15) is 0 Å². The molecule has 0 radical (unpaired) electrons. The molecule has 8 nitrogen and oxygen atoms in total.